The molecule has 0 amide bonds. The first-order valence-corrected chi connectivity index (χ1v) is 8.22. The molecule has 0 aromatic rings. The van der Waals surface area contributed by atoms with Crippen LogP contribution in [0.1, 0.15) is 52.4 Å². The van der Waals surface area contributed by atoms with Crippen LogP contribution in [0.15, 0.2) is 0 Å². The molecule has 0 spiro atoms. The van der Waals surface area contributed by atoms with Crippen LogP contribution in [0, 0.1) is 5.92 Å². The maximum absolute atomic E-state index is 11.7. The Labute approximate surface area is 127 Å². The molecule has 2 aliphatic rings. The Morgan fingerprint density at radius 1 is 1.38 bits per heavy atom. The number of aliphatic carboxylic acids is 1. The summed E-state index contributed by atoms with van der Waals surface area (Å²) in [6.07, 6.45) is 5.32. The number of nitrogens with one attached hydrogen (secondary N) is 1. The third-order valence-electron chi connectivity index (χ3n) is 4.59. The van der Waals surface area contributed by atoms with E-state index in [0.717, 1.165) is 45.5 Å². The minimum Gasteiger partial charge on any atom is -0.480 e. The number of carbonyl (C=O) groups is 1. The van der Waals surface area contributed by atoms with E-state index >= 15 is 0 Å². The van der Waals surface area contributed by atoms with Gasteiger partial charge >= 0.3 is 5.97 Å². The molecule has 5 heteroatoms. The summed E-state index contributed by atoms with van der Waals surface area (Å²) in [6, 6.07) is 0.162. The van der Waals surface area contributed by atoms with E-state index in [2.05, 4.69) is 5.32 Å². The van der Waals surface area contributed by atoms with Crippen LogP contribution in [0.4, 0.5) is 0 Å². The van der Waals surface area contributed by atoms with E-state index in [1.165, 1.54) is 0 Å². The largest absolute Gasteiger partial charge is 0.480 e. The van der Waals surface area contributed by atoms with Crippen molar-refractivity contribution in [3.63, 3.8) is 0 Å². The van der Waals surface area contributed by atoms with Crippen molar-refractivity contribution >= 4 is 5.97 Å². The molecule has 0 radical (unpaired) electrons. The fourth-order valence-corrected chi connectivity index (χ4v) is 3.49. The van der Waals surface area contributed by atoms with Gasteiger partial charge in [0.2, 0.25) is 0 Å². The van der Waals surface area contributed by atoms with Crippen LogP contribution in [-0.4, -0.2) is 48.6 Å². The second kappa shape index (κ2) is 7.56. The van der Waals surface area contributed by atoms with Gasteiger partial charge in [0.1, 0.15) is 5.54 Å². The number of hydrogen-bond donors (Lipinski definition) is 2. The van der Waals surface area contributed by atoms with Gasteiger partial charge in [-0.3, -0.25) is 10.1 Å². The molecule has 1 heterocycles. The first kappa shape index (κ1) is 16.7. The molecule has 122 valence electrons. The molecule has 5 nitrogen and oxygen atoms in total. The Balaban J connectivity index is 1.87. The summed E-state index contributed by atoms with van der Waals surface area (Å²) in [5.41, 5.74) is -0.813. The molecule has 0 aromatic carbocycles. The molecule has 2 atom stereocenters. The molecule has 1 aliphatic heterocycles. The Morgan fingerprint density at radius 3 is 2.71 bits per heavy atom. The van der Waals surface area contributed by atoms with Crippen molar-refractivity contribution in [1.82, 2.24) is 5.32 Å². The normalized spacial score (nSPS) is 31.5. The number of carboxylic acid groups (broad SMARTS) is 1. The lowest BCUT2D eigenvalue weighted by Gasteiger charge is -2.40. The molecule has 1 saturated carbocycles. The highest BCUT2D eigenvalue weighted by Gasteiger charge is 2.43. The van der Waals surface area contributed by atoms with Crippen molar-refractivity contribution in [1.29, 1.82) is 0 Å². The van der Waals surface area contributed by atoms with E-state index < -0.39 is 11.5 Å². The minimum absolute atomic E-state index is 0.0592. The molecule has 2 N–H and O–H groups in total. The summed E-state index contributed by atoms with van der Waals surface area (Å²) in [5.74, 6) is -0.173. The first-order valence-electron chi connectivity index (χ1n) is 8.22. The Kier molecular flexibility index (Phi) is 6.02. The highest BCUT2D eigenvalue weighted by molar-refractivity contribution is 5.79. The number of rotatable bonds is 6. The molecule has 0 aromatic heterocycles. The monoisotopic (exact) mass is 299 g/mol. The molecule has 1 aliphatic carbocycles. The van der Waals surface area contributed by atoms with Gasteiger partial charge in [-0.15, -0.1) is 0 Å². The number of ether oxygens (including phenoxy) is 2. The van der Waals surface area contributed by atoms with Gasteiger partial charge in [-0.05, 0) is 51.9 Å². The zero-order valence-corrected chi connectivity index (χ0v) is 13.3. The highest BCUT2D eigenvalue weighted by atomic mass is 16.5. The van der Waals surface area contributed by atoms with Crippen LogP contribution in [0.5, 0.6) is 0 Å². The molecule has 2 rings (SSSR count). The topological polar surface area (TPSA) is 67.8 Å². The van der Waals surface area contributed by atoms with Crippen molar-refractivity contribution in [3.05, 3.63) is 0 Å². The van der Waals surface area contributed by atoms with Crippen LogP contribution >= 0.6 is 0 Å². The number of carboxylic acids is 1. The smallest absolute Gasteiger partial charge is 0.324 e. The summed E-state index contributed by atoms with van der Waals surface area (Å²) in [5, 5.41) is 12.9. The van der Waals surface area contributed by atoms with Crippen molar-refractivity contribution < 1.29 is 19.4 Å². The zero-order chi connectivity index (χ0) is 15.3. The predicted octanol–water partition coefficient (Wildman–Crippen LogP) is 2.19. The molecule has 1 saturated heterocycles. The van der Waals surface area contributed by atoms with E-state index in [1.807, 2.05) is 13.8 Å². The summed E-state index contributed by atoms with van der Waals surface area (Å²) >= 11 is 0. The van der Waals surface area contributed by atoms with E-state index in [4.69, 9.17) is 9.47 Å². The molecule has 0 bridgehead atoms. The highest BCUT2D eigenvalue weighted by Crippen LogP contribution is 2.32. The average Bonchev–Trinajstić information content (AvgIpc) is 2.46. The fourth-order valence-electron chi connectivity index (χ4n) is 3.49. The van der Waals surface area contributed by atoms with Gasteiger partial charge in [-0.1, -0.05) is 0 Å². The van der Waals surface area contributed by atoms with Gasteiger partial charge < -0.3 is 14.6 Å². The van der Waals surface area contributed by atoms with Crippen LogP contribution in [0.25, 0.3) is 0 Å². The summed E-state index contributed by atoms with van der Waals surface area (Å²) < 4.78 is 11.4. The van der Waals surface area contributed by atoms with Gasteiger partial charge in [0.05, 0.1) is 6.10 Å². The second-order valence-electron chi connectivity index (χ2n) is 6.79. The Bertz CT molecular complexity index is 341. The minimum atomic E-state index is -0.813. The van der Waals surface area contributed by atoms with Gasteiger partial charge in [0.25, 0.3) is 0 Å². The predicted molar refractivity (Wildman–Crippen MR) is 80.4 cm³/mol. The average molecular weight is 299 g/mol. The molecular weight excluding hydrogens is 270 g/mol. The summed E-state index contributed by atoms with van der Waals surface area (Å²) in [7, 11) is 0. The van der Waals surface area contributed by atoms with E-state index in [0.29, 0.717) is 18.8 Å². The molecule has 21 heavy (non-hydrogen) atoms. The lowest BCUT2D eigenvalue weighted by Crippen LogP contribution is -2.58. The first-order chi connectivity index (χ1) is 10.0. The summed E-state index contributed by atoms with van der Waals surface area (Å²) in [6.45, 7) is 6.39. The van der Waals surface area contributed by atoms with Gasteiger partial charge in [0, 0.05) is 32.3 Å². The fraction of sp³-hybridized carbons (Fsp3) is 0.938. The SMILES string of the molecule is CC(C)NC1(C(=O)O)CCCC(OCC2CCOCC2)C1. The van der Waals surface area contributed by atoms with Gasteiger partial charge in [0.15, 0.2) is 0 Å². The van der Waals surface area contributed by atoms with Gasteiger partial charge in [-0.2, -0.15) is 0 Å². The quantitative estimate of drug-likeness (QED) is 0.787. The van der Waals surface area contributed by atoms with Crippen LogP contribution in [0.2, 0.25) is 0 Å². The van der Waals surface area contributed by atoms with Crippen LogP contribution in [-0.2, 0) is 14.3 Å². The molecular formula is C16H29NO4. The zero-order valence-electron chi connectivity index (χ0n) is 13.3. The van der Waals surface area contributed by atoms with Crippen LogP contribution < -0.4 is 5.32 Å². The molecule has 2 fully saturated rings. The number of hydrogen-bond acceptors (Lipinski definition) is 4. The van der Waals surface area contributed by atoms with E-state index in [9.17, 15) is 9.90 Å². The standard InChI is InChI=1S/C16H29NO4/c1-12(2)17-16(15(18)19)7-3-4-14(10-16)21-11-13-5-8-20-9-6-13/h12-14,17H,3-11H2,1-2H3,(H,18,19). The van der Waals surface area contributed by atoms with E-state index in [1.54, 1.807) is 0 Å². The lowest BCUT2D eigenvalue weighted by atomic mass is 9.79. The third kappa shape index (κ3) is 4.66. The Morgan fingerprint density at radius 2 is 2.10 bits per heavy atom. The van der Waals surface area contributed by atoms with Crippen molar-refractivity contribution in [2.24, 2.45) is 5.92 Å². The molecule has 2 unspecified atom stereocenters. The van der Waals surface area contributed by atoms with Crippen molar-refractivity contribution in [3.8, 4) is 0 Å². The maximum Gasteiger partial charge on any atom is 0.324 e. The van der Waals surface area contributed by atoms with E-state index in [-0.39, 0.29) is 12.1 Å². The summed E-state index contributed by atoms with van der Waals surface area (Å²) in [4.78, 5) is 11.7. The lowest BCUT2D eigenvalue weighted by molar-refractivity contribution is -0.150. The maximum atomic E-state index is 11.7. The Hall–Kier alpha value is -0.650. The van der Waals surface area contributed by atoms with Crippen LogP contribution in [0.3, 0.4) is 0 Å². The third-order valence-corrected chi connectivity index (χ3v) is 4.59. The van der Waals surface area contributed by atoms with Gasteiger partial charge in [-0.25, -0.2) is 0 Å². The second-order valence-corrected chi connectivity index (χ2v) is 6.79. The van der Waals surface area contributed by atoms with Crippen molar-refractivity contribution in [2.45, 2.75) is 70.1 Å². The van der Waals surface area contributed by atoms with Crippen molar-refractivity contribution in [2.75, 3.05) is 19.8 Å².